The van der Waals surface area contributed by atoms with Crippen LogP contribution in [0.4, 0.5) is 11.4 Å². The summed E-state index contributed by atoms with van der Waals surface area (Å²) in [5.74, 6) is 0.416. The first-order chi connectivity index (χ1) is 27.7. The minimum absolute atomic E-state index is 0.0779. The topological polar surface area (TPSA) is 119 Å². The number of anilines is 2. The zero-order valence-electron chi connectivity index (χ0n) is 35.1. The number of carbonyl (C=O) groups excluding carboxylic acids is 2. The summed E-state index contributed by atoms with van der Waals surface area (Å²) in [7, 11) is 0. The van der Waals surface area contributed by atoms with Crippen molar-refractivity contribution < 1.29 is 9.59 Å². The van der Waals surface area contributed by atoms with Crippen molar-refractivity contribution in [3.63, 3.8) is 0 Å². The molecule has 0 aliphatic carbocycles. The Balaban J connectivity index is 1.32. The third-order valence-electron chi connectivity index (χ3n) is 11.0. The van der Waals surface area contributed by atoms with Gasteiger partial charge in [0.05, 0.1) is 12.1 Å². The Morgan fingerprint density at radius 2 is 1.21 bits per heavy atom. The van der Waals surface area contributed by atoms with Crippen LogP contribution in [-0.4, -0.2) is 94.7 Å². The van der Waals surface area contributed by atoms with E-state index in [1.807, 2.05) is 46.2 Å². The van der Waals surface area contributed by atoms with Crippen LogP contribution in [0.15, 0.2) is 91.1 Å². The van der Waals surface area contributed by atoms with Crippen LogP contribution in [0.1, 0.15) is 110 Å². The molecule has 57 heavy (non-hydrogen) atoms. The number of allylic oxidation sites excluding steroid dienone is 4. The molecule has 2 aliphatic rings. The van der Waals surface area contributed by atoms with Gasteiger partial charge in [0, 0.05) is 37.6 Å². The summed E-state index contributed by atoms with van der Waals surface area (Å²) in [5.41, 5.74) is 3.63. The van der Waals surface area contributed by atoms with E-state index in [0.29, 0.717) is 36.4 Å². The predicted octanol–water partition coefficient (Wildman–Crippen LogP) is 9.45. The largest absolute Gasteiger partial charge is 0.338 e. The Hall–Kier alpha value is -4.86. The smallest absolute Gasteiger partial charge is 0.244 e. The highest BCUT2D eigenvalue weighted by Crippen LogP contribution is 2.24. The van der Waals surface area contributed by atoms with E-state index in [4.69, 9.17) is 10.8 Å². The molecule has 2 aromatic carbocycles. The van der Waals surface area contributed by atoms with Crippen molar-refractivity contribution in [3.05, 3.63) is 96.6 Å². The van der Waals surface area contributed by atoms with E-state index in [9.17, 15) is 9.59 Å². The van der Waals surface area contributed by atoms with Gasteiger partial charge in [0.2, 0.25) is 11.8 Å². The summed E-state index contributed by atoms with van der Waals surface area (Å²) in [5, 5.41) is 24.1. The fourth-order valence-corrected chi connectivity index (χ4v) is 7.96. The molecule has 2 heterocycles. The van der Waals surface area contributed by atoms with Crippen molar-refractivity contribution >= 4 is 35.1 Å². The summed E-state index contributed by atoms with van der Waals surface area (Å²) >= 11 is 0. The fourth-order valence-electron chi connectivity index (χ4n) is 7.96. The van der Waals surface area contributed by atoms with Crippen LogP contribution in [0.5, 0.6) is 0 Å². The minimum Gasteiger partial charge on any atom is -0.338 e. The van der Waals surface area contributed by atoms with Gasteiger partial charge in [0.1, 0.15) is 13.1 Å². The van der Waals surface area contributed by atoms with E-state index in [1.54, 1.807) is 12.1 Å². The molecule has 2 atom stereocenters. The maximum Gasteiger partial charge on any atom is 0.244 e. The van der Waals surface area contributed by atoms with Crippen LogP contribution < -0.4 is 10.6 Å². The quantitative estimate of drug-likeness (QED) is 0.0559. The molecule has 2 aromatic rings. The lowest BCUT2D eigenvalue weighted by molar-refractivity contribution is -0.117. The van der Waals surface area contributed by atoms with Gasteiger partial charge >= 0.3 is 0 Å². The van der Waals surface area contributed by atoms with E-state index in [1.165, 1.54) is 62.5 Å². The lowest BCUT2D eigenvalue weighted by Gasteiger charge is -2.25. The zero-order chi connectivity index (χ0) is 40.8. The molecule has 0 bridgehead atoms. The molecule has 2 aliphatic heterocycles. The standard InChI is InChI=1S/C47H70N8O2/c1-5-8-11-13-15-21-29-54-42(31-38(4)24-18-10-7-3)34-52(46(54)48)36-44(56)50-40-27-23-28-41(33-40)51-45(57)37-53-35-43(32-39-25-19-17-20-26-39)55(47(53)49)30-22-16-14-12-9-6-2/h7,10,17-20,23-28,33,42-43,48-49H,3,5-6,8-9,11-16,21-22,29-32,34-37H2,1-2,4H3,(H,50,56)(H,51,57)/b18-10-,38-24+,48-46?,49-47?/t42-,43-/m0/s1. The summed E-state index contributed by atoms with van der Waals surface area (Å²) < 4.78 is 0. The van der Waals surface area contributed by atoms with Crippen molar-refractivity contribution in [3.8, 4) is 0 Å². The molecule has 0 unspecified atom stereocenters. The Morgan fingerprint density at radius 1 is 0.702 bits per heavy atom. The Kier molecular flexibility index (Phi) is 19.4. The van der Waals surface area contributed by atoms with Gasteiger partial charge in [-0.15, -0.1) is 0 Å². The third kappa shape index (κ3) is 15.2. The van der Waals surface area contributed by atoms with Gasteiger partial charge < -0.3 is 30.2 Å². The van der Waals surface area contributed by atoms with Crippen LogP contribution in [0.25, 0.3) is 0 Å². The molecular formula is C47H70N8O2. The number of hydrogen-bond acceptors (Lipinski definition) is 4. The van der Waals surface area contributed by atoms with Crippen LogP contribution in [0.2, 0.25) is 0 Å². The Labute approximate surface area is 343 Å². The zero-order valence-corrected chi connectivity index (χ0v) is 35.1. The van der Waals surface area contributed by atoms with Gasteiger partial charge in [-0.2, -0.15) is 0 Å². The van der Waals surface area contributed by atoms with E-state index >= 15 is 0 Å². The maximum atomic E-state index is 13.4. The summed E-state index contributed by atoms with van der Waals surface area (Å²) in [6.45, 7) is 13.4. The predicted molar refractivity (Wildman–Crippen MR) is 238 cm³/mol. The van der Waals surface area contributed by atoms with Gasteiger partial charge in [-0.1, -0.05) is 151 Å². The first-order valence-electron chi connectivity index (χ1n) is 21.6. The molecular weight excluding hydrogens is 709 g/mol. The van der Waals surface area contributed by atoms with Gasteiger partial charge in [-0.05, 0) is 56.4 Å². The second kappa shape index (κ2) is 24.7. The Morgan fingerprint density at radius 3 is 1.75 bits per heavy atom. The second-order valence-electron chi connectivity index (χ2n) is 15.8. The van der Waals surface area contributed by atoms with E-state index in [-0.39, 0.29) is 37.0 Å². The monoisotopic (exact) mass is 779 g/mol. The minimum atomic E-state index is -0.204. The molecule has 310 valence electrons. The van der Waals surface area contributed by atoms with E-state index in [0.717, 1.165) is 51.6 Å². The highest BCUT2D eigenvalue weighted by molar-refractivity contribution is 5.98. The van der Waals surface area contributed by atoms with Crippen molar-refractivity contribution in [1.82, 2.24) is 19.6 Å². The summed E-state index contributed by atoms with van der Waals surface area (Å²) in [4.78, 5) is 34.9. The molecule has 4 N–H and O–H groups in total. The van der Waals surface area contributed by atoms with Gasteiger partial charge in [-0.25, -0.2) is 0 Å². The van der Waals surface area contributed by atoms with Crippen molar-refractivity contribution in [2.45, 2.75) is 123 Å². The first kappa shape index (κ1) is 44.8. The van der Waals surface area contributed by atoms with Gasteiger partial charge in [0.25, 0.3) is 0 Å². The molecule has 0 spiro atoms. The number of nitrogens with zero attached hydrogens (tertiary/aromatic N) is 4. The number of guanidine groups is 2. The molecule has 0 radical (unpaired) electrons. The average Bonchev–Trinajstić information content (AvgIpc) is 3.63. The van der Waals surface area contributed by atoms with Crippen LogP contribution in [0.3, 0.4) is 0 Å². The van der Waals surface area contributed by atoms with Crippen LogP contribution in [-0.2, 0) is 16.0 Å². The SMILES string of the molecule is C=C/C=C\C=C(/C)C[C@H]1CN(CC(=O)Nc2cccc(NC(=O)CN3C[C@H](Cc4ccccc4)N(CCCCCCCC)C3=N)c2)C(=N)N1CCCCCCCC. The number of amides is 2. The molecule has 2 amide bonds. The van der Waals surface area contributed by atoms with Crippen molar-refractivity contribution in [2.75, 3.05) is 49.9 Å². The average molecular weight is 779 g/mol. The first-order valence-corrected chi connectivity index (χ1v) is 21.6. The molecule has 0 aromatic heterocycles. The normalized spacial score (nSPS) is 17.3. The fraction of sp³-hybridized carbons (Fsp3) is 0.532. The number of unbranched alkanes of at least 4 members (excludes halogenated alkanes) is 10. The molecule has 10 nitrogen and oxygen atoms in total. The van der Waals surface area contributed by atoms with Crippen LogP contribution in [0, 0.1) is 10.8 Å². The number of nitrogens with one attached hydrogen (secondary N) is 4. The molecule has 0 saturated carbocycles. The lowest BCUT2D eigenvalue weighted by atomic mass is 10.0. The Bertz CT molecular complexity index is 1640. The summed E-state index contributed by atoms with van der Waals surface area (Å²) in [6, 6.07) is 17.9. The number of benzene rings is 2. The third-order valence-corrected chi connectivity index (χ3v) is 11.0. The van der Waals surface area contributed by atoms with Gasteiger partial charge in [-0.3, -0.25) is 20.4 Å². The lowest BCUT2D eigenvalue weighted by Crippen LogP contribution is -2.39. The highest BCUT2D eigenvalue weighted by atomic mass is 16.2. The molecule has 4 rings (SSSR count). The summed E-state index contributed by atoms with van der Waals surface area (Å²) in [6.07, 6.45) is 23.7. The molecule has 2 saturated heterocycles. The van der Waals surface area contributed by atoms with Gasteiger partial charge in [0.15, 0.2) is 11.9 Å². The molecule has 10 heteroatoms. The second-order valence-corrected chi connectivity index (χ2v) is 15.8. The highest BCUT2D eigenvalue weighted by Gasteiger charge is 2.36. The molecule has 2 fully saturated rings. The van der Waals surface area contributed by atoms with E-state index < -0.39 is 0 Å². The number of carbonyl (C=O) groups is 2. The van der Waals surface area contributed by atoms with Crippen molar-refractivity contribution in [2.24, 2.45) is 0 Å². The maximum absolute atomic E-state index is 13.4. The number of hydrogen-bond donors (Lipinski definition) is 4. The van der Waals surface area contributed by atoms with Crippen LogP contribution >= 0.6 is 0 Å². The number of rotatable bonds is 26. The van der Waals surface area contributed by atoms with E-state index in [2.05, 4.69) is 78.1 Å². The van der Waals surface area contributed by atoms with Crippen molar-refractivity contribution in [1.29, 1.82) is 10.8 Å².